The molecule has 1 aliphatic heterocycles. The molecule has 1 atom stereocenters. The molecule has 0 bridgehead atoms. The van der Waals surface area contributed by atoms with E-state index in [9.17, 15) is 23.1 Å². The lowest BCUT2D eigenvalue weighted by atomic mass is 10.0. The smallest absolute Gasteiger partial charge is 0.411 e. The topological polar surface area (TPSA) is 88.4 Å². The van der Waals surface area contributed by atoms with E-state index in [1.807, 2.05) is 6.07 Å². The number of nitrogens with one attached hydrogen (secondary N) is 1. The quantitative estimate of drug-likeness (QED) is 0.896. The van der Waals surface area contributed by atoms with Gasteiger partial charge in [-0.25, -0.2) is 0 Å². The summed E-state index contributed by atoms with van der Waals surface area (Å²) in [5.74, 6) is 0.390. The maximum atomic E-state index is 13.2. The summed E-state index contributed by atoms with van der Waals surface area (Å²) in [6.07, 6.45) is -6.14. The summed E-state index contributed by atoms with van der Waals surface area (Å²) in [6, 6.07) is 5.92. The first kappa shape index (κ1) is 18.7. The van der Waals surface area contributed by atoms with Crippen molar-refractivity contribution in [2.75, 3.05) is 16.8 Å². The number of hydrogen-bond donors (Lipinski definition) is 1. The number of anilines is 2. The van der Waals surface area contributed by atoms with Crippen LogP contribution in [0.1, 0.15) is 26.7 Å². The lowest BCUT2D eigenvalue weighted by molar-refractivity contribution is -0.254. The lowest BCUT2D eigenvalue weighted by Gasteiger charge is -2.42. The van der Waals surface area contributed by atoms with Crippen LogP contribution in [0.25, 0.3) is 0 Å². The lowest BCUT2D eigenvalue weighted by Crippen LogP contribution is -2.60. The Hall–Kier alpha value is -2.63. The van der Waals surface area contributed by atoms with Gasteiger partial charge in [0.1, 0.15) is 23.5 Å². The van der Waals surface area contributed by atoms with Gasteiger partial charge >= 0.3 is 6.18 Å². The zero-order valence-electron chi connectivity index (χ0n) is 13.7. The number of ether oxygens (including phenoxy) is 1. The molecule has 0 unspecified atom stereocenters. The molecule has 1 aromatic rings. The van der Waals surface area contributed by atoms with Gasteiger partial charge in [0.05, 0.1) is 18.3 Å². The predicted molar refractivity (Wildman–Crippen MR) is 82.2 cm³/mol. The third-order valence-corrected chi connectivity index (χ3v) is 4.05. The monoisotopic (exact) mass is 356 g/mol. The van der Waals surface area contributed by atoms with E-state index in [0.29, 0.717) is 30.8 Å². The Labute approximate surface area is 142 Å². The second-order valence-corrected chi connectivity index (χ2v) is 6.16. The number of carbonyl (C=O) groups is 1. The number of benzene rings is 1. The van der Waals surface area contributed by atoms with Crippen LogP contribution in [-0.4, -0.2) is 30.5 Å². The van der Waals surface area contributed by atoms with Crippen molar-refractivity contribution in [3.05, 3.63) is 18.2 Å². The molecule has 25 heavy (non-hydrogen) atoms. The number of halogens is 3. The number of nitriles is 1. The number of rotatable bonds is 4. The molecule has 6 nitrogen and oxygen atoms in total. The molecule has 0 saturated heterocycles. The Morgan fingerprint density at radius 3 is 2.72 bits per heavy atom. The largest absolute Gasteiger partial charge is 0.530 e. The zero-order valence-corrected chi connectivity index (χ0v) is 13.7. The van der Waals surface area contributed by atoms with Gasteiger partial charge in [-0.3, -0.25) is 0 Å². The minimum Gasteiger partial charge on any atom is -0.530 e. The summed E-state index contributed by atoms with van der Waals surface area (Å²) in [4.78, 5) is 11.5. The molecule has 136 valence electrons. The highest BCUT2D eigenvalue weighted by atomic mass is 19.4. The summed E-state index contributed by atoms with van der Waals surface area (Å²) >= 11 is 0. The number of amides is 1. The molecular weight excluding hydrogens is 339 g/mol. The Morgan fingerprint density at radius 1 is 1.48 bits per heavy atom. The standard InChI is InChI=1S/C16H18F3N3O3/c1-15(2,16(17,18)19)22(14(23)24)10-5-6-13-12(8-10)21-9-11(25-13)4-3-7-20/h5-6,8,11,21H,3-4,9H2,1-2H3,(H,23,24)/p-1/t11-/m0/s1. The molecule has 0 spiro atoms. The summed E-state index contributed by atoms with van der Waals surface area (Å²) in [5, 5.41) is 23.0. The van der Waals surface area contributed by atoms with E-state index < -0.39 is 17.8 Å². The summed E-state index contributed by atoms with van der Waals surface area (Å²) < 4.78 is 45.4. The van der Waals surface area contributed by atoms with Crippen molar-refractivity contribution in [2.24, 2.45) is 0 Å². The Bertz CT molecular complexity index is 698. The molecule has 0 saturated carbocycles. The molecular formula is C16H17F3N3O3-. The highest BCUT2D eigenvalue weighted by Gasteiger charge is 2.52. The third kappa shape index (κ3) is 3.73. The number of carboxylic acid groups (broad SMARTS) is 1. The van der Waals surface area contributed by atoms with E-state index in [2.05, 4.69) is 5.32 Å². The van der Waals surface area contributed by atoms with Crippen molar-refractivity contribution in [3.8, 4) is 11.8 Å². The fraction of sp³-hybridized carbons (Fsp3) is 0.500. The molecule has 1 heterocycles. The van der Waals surface area contributed by atoms with Gasteiger partial charge in [-0.1, -0.05) is 0 Å². The molecule has 0 radical (unpaired) electrons. The van der Waals surface area contributed by atoms with E-state index in [4.69, 9.17) is 10.00 Å². The predicted octanol–water partition coefficient (Wildman–Crippen LogP) is 2.65. The van der Waals surface area contributed by atoms with E-state index >= 15 is 0 Å². The van der Waals surface area contributed by atoms with Crippen LogP contribution in [0, 0.1) is 11.3 Å². The van der Waals surface area contributed by atoms with Gasteiger partial charge in [0.2, 0.25) is 0 Å². The van der Waals surface area contributed by atoms with E-state index in [1.54, 1.807) is 0 Å². The molecule has 0 aliphatic carbocycles. The highest BCUT2D eigenvalue weighted by molar-refractivity contribution is 5.88. The maximum Gasteiger partial charge on any atom is 0.411 e. The Balaban J connectivity index is 2.32. The van der Waals surface area contributed by atoms with Gasteiger partial charge in [-0.2, -0.15) is 18.4 Å². The first-order valence-corrected chi connectivity index (χ1v) is 7.57. The minimum atomic E-state index is -4.78. The minimum absolute atomic E-state index is 0.173. The second kappa shape index (κ2) is 6.70. The molecule has 2 rings (SSSR count). The molecule has 1 amide bonds. The number of alkyl halides is 3. The maximum absolute atomic E-state index is 13.2. The first-order chi connectivity index (χ1) is 11.6. The van der Waals surface area contributed by atoms with Gasteiger partial charge in [0.15, 0.2) is 0 Å². The fourth-order valence-electron chi connectivity index (χ4n) is 2.51. The van der Waals surface area contributed by atoms with Gasteiger partial charge in [0, 0.05) is 12.1 Å². The van der Waals surface area contributed by atoms with Crippen LogP contribution in [0.2, 0.25) is 0 Å². The molecule has 1 aliphatic rings. The van der Waals surface area contributed by atoms with E-state index in [1.165, 1.54) is 18.2 Å². The SMILES string of the molecule is CC(C)(N(C(=O)[O-])c1ccc2c(c1)NC[C@H](CCC#N)O2)C(F)(F)F. The second-order valence-electron chi connectivity index (χ2n) is 6.16. The zero-order chi connectivity index (χ0) is 18.8. The average molecular weight is 356 g/mol. The summed E-state index contributed by atoms with van der Waals surface area (Å²) in [7, 11) is 0. The van der Waals surface area contributed by atoms with Crippen molar-refractivity contribution in [2.45, 2.75) is 44.5 Å². The van der Waals surface area contributed by atoms with Crippen molar-refractivity contribution < 1.29 is 27.8 Å². The van der Waals surface area contributed by atoms with Crippen molar-refractivity contribution >= 4 is 17.5 Å². The van der Waals surface area contributed by atoms with Crippen LogP contribution < -0.4 is 20.1 Å². The molecule has 1 aromatic carbocycles. The van der Waals surface area contributed by atoms with E-state index in [0.717, 1.165) is 13.8 Å². The summed E-state index contributed by atoms with van der Waals surface area (Å²) in [5.41, 5.74) is -2.45. The van der Waals surface area contributed by atoms with Crippen molar-refractivity contribution in [1.29, 1.82) is 5.26 Å². The van der Waals surface area contributed by atoms with Gasteiger partial charge < -0.3 is 24.9 Å². The molecule has 0 fully saturated rings. The van der Waals surface area contributed by atoms with Crippen molar-refractivity contribution in [1.82, 2.24) is 0 Å². The molecule has 1 N–H and O–H groups in total. The van der Waals surface area contributed by atoms with Crippen LogP contribution in [0.3, 0.4) is 0 Å². The first-order valence-electron chi connectivity index (χ1n) is 7.57. The third-order valence-electron chi connectivity index (χ3n) is 4.05. The van der Waals surface area contributed by atoms with E-state index in [-0.39, 0.29) is 16.7 Å². The highest BCUT2D eigenvalue weighted by Crippen LogP contribution is 2.40. The fourth-order valence-corrected chi connectivity index (χ4v) is 2.51. The Kier molecular flexibility index (Phi) is 5.02. The number of carbonyl (C=O) groups excluding carboxylic acids is 1. The number of nitrogens with zero attached hydrogens (tertiary/aromatic N) is 2. The summed E-state index contributed by atoms with van der Waals surface area (Å²) in [6.45, 7) is 1.90. The van der Waals surface area contributed by atoms with Crippen LogP contribution in [0.4, 0.5) is 29.3 Å². The molecule has 0 aromatic heterocycles. The normalized spacial score (nSPS) is 16.9. The molecule has 9 heteroatoms. The number of hydrogen-bond acceptors (Lipinski definition) is 5. The van der Waals surface area contributed by atoms with Crippen LogP contribution in [-0.2, 0) is 0 Å². The van der Waals surface area contributed by atoms with Gasteiger partial charge in [-0.15, -0.1) is 0 Å². The van der Waals surface area contributed by atoms with Crippen LogP contribution in [0.5, 0.6) is 5.75 Å². The van der Waals surface area contributed by atoms with Crippen LogP contribution in [0.15, 0.2) is 18.2 Å². The number of fused-ring (bicyclic) bond motifs is 1. The van der Waals surface area contributed by atoms with Crippen molar-refractivity contribution in [3.63, 3.8) is 0 Å². The van der Waals surface area contributed by atoms with Crippen LogP contribution >= 0.6 is 0 Å². The van der Waals surface area contributed by atoms with Gasteiger partial charge in [0.25, 0.3) is 0 Å². The van der Waals surface area contributed by atoms with Gasteiger partial charge in [-0.05, 0) is 38.5 Å². The Morgan fingerprint density at radius 2 is 2.16 bits per heavy atom. The average Bonchev–Trinajstić information content (AvgIpc) is 2.51.